The number of ether oxygens (including phenoxy) is 1. The molecule has 0 N–H and O–H groups in total. The molecule has 2 saturated heterocycles. The molecule has 0 bridgehead atoms. The molecule has 0 spiro atoms. The zero-order chi connectivity index (χ0) is 16.1. The number of hydrogen-bond donors (Lipinski definition) is 0. The summed E-state index contributed by atoms with van der Waals surface area (Å²) in [5.74, 6) is 2.88. The Morgan fingerprint density at radius 2 is 2.04 bits per heavy atom. The Kier molecular flexibility index (Phi) is 5.29. The molecule has 0 saturated carbocycles. The third-order valence-corrected chi connectivity index (χ3v) is 5.06. The van der Waals surface area contributed by atoms with Gasteiger partial charge in [0.15, 0.2) is 5.66 Å². The lowest BCUT2D eigenvalue weighted by molar-refractivity contribution is -0.132. The SMILES string of the molecule is C#CCCC1(CCC(=O)N2CCC[C@H]2CN2CCOCC2)N=N1. The second kappa shape index (κ2) is 7.41. The molecule has 1 atom stereocenters. The average Bonchev–Trinajstić information content (AvgIpc) is 3.21. The highest BCUT2D eigenvalue weighted by Crippen LogP contribution is 2.38. The molecule has 23 heavy (non-hydrogen) atoms. The van der Waals surface area contributed by atoms with E-state index >= 15 is 0 Å². The van der Waals surface area contributed by atoms with E-state index in [9.17, 15) is 4.79 Å². The third-order valence-electron chi connectivity index (χ3n) is 5.06. The van der Waals surface area contributed by atoms with E-state index < -0.39 is 0 Å². The van der Waals surface area contributed by atoms with Crippen LogP contribution in [0.25, 0.3) is 0 Å². The van der Waals surface area contributed by atoms with Gasteiger partial charge in [0.1, 0.15) is 0 Å². The maximum atomic E-state index is 12.6. The molecule has 0 aromatic heterocycles. The number of carbonyl (C=O) groups excluding carboxylic acids is 1. The molecule has 0 aromatic carbocycles. The van der Waals surface area contributed by atoms with E-state index in [2.05, 4.69) is 25.9 Å². The second-order valence-corrected chi connectivity index (χ2v) is 6.68. The van der Waals surface area contributed by atoms with Crippen molar-refractivity contribution in [1.82, 2.24) is 9.80 Å². The highest BCUT2D eigenvalue weighted by atomic mass is 16.5. The van der Waals surface area contributed by atoms with E-state index in [1.54, 1.807) is 0 Å². The minimum absolute atomic E-state index is 0.248. The molecule has 0 aliphatic carbocycles. The van der Waals surface area contributed by atoms with Crippen molar-refractivity contribution in [2.75, 3.05) is 39.4 Å². The van der Waals surface area contributed by atoms with Gasteiger partial charge in [0.2, 0.25) is 5.91 Å². The van der Waals surface area contributed by atoms with Crippen LogP contribution in [0.1, 0.15) is 38.5 Å². The van der Waals surface area contributed by atoms with Crippen LogP contribution in [0.4, 0.5) is 0 Å². The van der Waals surface area contributed by atoms with Crippen LogP contribution < -0.4 is 0 Å². The van der Waals surface area contributed by atoms with Crippen LogP contribution in [-0.2, 0) is 9.53 Å². The monoisotopic (exact) mass is 318 g/mol. The Balaban J connectivity index is 1.45. The van der Waals surface area contributed by atoms with E-state index in [0.29, 0.717) is 25.3 Å². The van der Waals surface area contributed by atoms with Crippen molar-refractivity contribution in [3.63, 3.8) is 0 Å². The van der Waals surface area contributed by atoms with Crippen molar-refractivity contribution >= 4 is 5.91 Å². The zero-order valence-electron chi connectivity index (χ0n) is 13.7. The predicted molar refractivity (Wildman–Crippen MR) is 86.9 cm³/mol. The number of terminal acetylenes is 1. The quantitative estimate of drug-likeness (QED) is 0.671. The molecule has 6 heteroatoms. The summed E-state index contributed by atoms with van der Waals surface area (Å²) in [5.41, 5.74) is -0.346. The lowest BCUT2D eigenvalue weighted by Gasteiger charge is -2.33. The summed E-state index contributed by atoms with van der Waals surface area (Å²) in [6, 6.07) is 0.357. The van der Waals surface area contributed by atoms with Crippen molar-refractivity contribution in [2.24, 2.45) is 10.2 Å². The lowest BCUT2D eigenvalue weighted by Crippen LogP contribution is -2.46. The van der Waals surface area contributed by atoms with Crippen molar-refractivity contribution < 1.29 is 9.53 Å². The third kappa shape index (κ3) is 4.30. The Morgan fingerprint density at radius 1 is 1.26 bits per heavy atom. The number of amides is 1. The Morgan fingerprint density at radius 3 is 2.74 bits per heavy atom. The number of carbonyl (C=O) groups is 1. The molecule has 3 aliphatic rings. The van der Waals surface area contributed by atoms with E-state index in [0.717, 1.165) is 58.7 Å². The van der Waals surface area contributed by atoms with Crippen LogP contribution in [0, 0.1) is 12.3 Å². The van der Waals surface area contributed by atoms with Crippen LogP contribution in [0.2, 0.25) is 0 Å². The van der Waals surface area contributed by atoms with E-state index in [1.807, 2.05) is 0 Å². The van der Waals surface area contributed by atoms with Crippen LogP contribution in [-0.4, -0.2) is 66.8 Å². The predicted octanol–water partition coefficient (Wildman–Crippen LogP) is 1.67. The van der Waals surface area contributed by atoms with E-state index in [1.165, 1.54) is 0 Å². The van der Waals surface area contributed by atoms with Crippen molar-refractivity contribution in [1.29, 1.82) is 0 Å². The van der Waals surface area contributed by atoms with Gasteiger partial charge < -0.3 is 9.64 Å². The number of likely N-dealkylation sites (tertiary alicyclic amines) is 1. The van der Waals surface area contributed by atoms with Gasteiger partial charge in [-0.05, 0) is 12.8 Å². The van der Waals surface area contributed by atoms with Crippen LogP contribution in [0.3, 0.4) is 0 Å². The molecule has 2 fully saturated rings. The number of nitrogens with zero attached hydrogens (tertiary/aromatic N) is 4. The first-order chi connectivity index (χ1) is 11.2. The largest absolute Gasteiger partial charge is 0.379 e. The smallest absolute Gasteiger partial charge is 0.223 e. The van der Waals surface area contributed by atoms with E-state index in [4.69, 9.17) is 11.2 Å². The molecule has 1 amide bonds. The molecule has 3 aliphatic heterocycles. The summed E-state index contributed by atoms with van der Waals surface area (Å²) in [5, 5.41) is 8.24. The molecule has 6 nitrogen and oxygen atoms in total. The normalized spacial score (nSPS) is 26.2. The lowest BCUT2D eigenvalue weighted by atomic mass is 10.0. The van der Waals surface area contributed by atoms with Gasteiger partial charge in [-0.3, -0.25) is 9.69 Å². The van der Waals surface area contributed by atoms with Gasteiger partial charge in [-0.15, -0.1) is 12.3 Å². The molecule has 0 aromatic rings. The first-order valence-corrected chi connectivity index (χ1v) is 8.69. The van der Waals surface area contributed by atoms with Crippen molar-refractivity contribution in [3.8, 4) is 12.3 Å². The summed E-state index contributed by atoms with van der Waals surface area (Å²) in [6.45, 7) is 5.44. The molecule has 3 rings (SSSR count). The zero-order valence-corrected chi connectivity index (χ0v) is 13.7. The fourth-order valence-corrected chi connectivity index (χ4v) is 3.55. The fourth-order valence-electron chi connectivity index (χ4n) is 3.55. The standard InChI is InChI=1S/C17H26N4O2/c1-2-3-7-17(18-19-17)8-6-16(22)21-9-4-5-15(21)14-20-10-12-23-13-11-20/h1,15H,3-14H2/t15-/m0/s1. The first-order valence-electron chi connectivity index (χ1n) is 8.69. The minimum atomic E-state index is -0.346. The summed E-state index contributed by atoms with van der Waals surface area (Å²) in [6.07, 6.45) is 10.2. The van der Waals surface area contributed by atoms with E-state index in [-0.39, 0.29) is 11.6 Å². The van der Waals surface area contributed by atoms with Gasteiger partial charge in [-0.2, -0.15) is 10.2 Å². The van der Waals surface area contributed by atoms with Gasteiger partial charge in [-0.25, -0.2) is 0 Å². The number of rotatable bonds is 7. The summed E-state index contributed by atoms with van der Waals surface area (Å²) >= 11 is 0. The van der Waals surface area contributed by atoms with Crippen LogP contribution in [0.15, 0.2) is 10.2 Å². The maximum absolute atomic E-state index is 12.6. The molecule has 3 heterocycles. The van der Waals surface area contributed by atoms with Gasteiger partial charge in [0.25, 0.3) is 0 Å². The maximum Gasteiger partial charge on any atom is 0.223 e. The molecular formula is C17H26N4O2. The summed E-state index contributed by atoms with van der Waals surface area (Å²) in [4.78, 5) is 17.1. The molecule has 0 unspecified atom stereocenters. The summed E-state index contributed by atoms with van der Waals surface area (Å²) < 4.78 is 5.40. The molecular weight excluding hydrogens is 292 g/mol. The van der Waals surface area contributed by atoms with Gasteiger partial charge in [-0.1, -0.05) is 0 Å². The minimum Gasteiger partial charge on any atom is -0.379 e. The number of morpholine rings is 1. The Labute approximate surface area is 138 Å². The van der Waals surface area contributed by atoms with Gasteiger partial charge in [0.05, 0.1) is 13.2 Å². The molecule has 0 radical (unpaired) electrons. The number of hydrogen-bond acceptors (Lipinski definition) is 5. The molecule has 126 valence electrons. The highest BCUT2D eigenvalue weighted by Gasteiger charge is 2.40. The topological polar surface area (TPSA) is 57.5 Å². The summed E-state index contributed by atoms with van der Waals surface area (Å²) in [7, 11) is 0. The highest BCUT2D eigenvalue weighted by molar-refractivity contribution is 5.77. The van der Waals surface area contributed by atoms with Gasteiger partial charge >= 0.3 is 0 Å². The average molecular weight is 318 g/mol. The van der Waals surface area contributed by atoms with Crippen molar-refractivity contribution in [3.05, 3.63) is 0 Å². The Hall–Kier alpha value is -1.45. The van der Waals surface area contributed by atoms with Crippen molar-refractivity contribution in [2.45, 2.75) is 50.2 Å². The first kappa shape index (κ1) is 16.4. The Bertz CT molecular complexity index is 487. The second-order valence-electron chi connectivity index (χ2n) is 6.68. The van der Waals surface area contributed by atoms with Gasteiger partial charge in [0, 0.05) is 57.9 Å². The fraction of sp³-hybridized carbons (Fsp3) is 0.824. The van der Waals surface area contributed by atoms with Crippen LogP contribution in [0.5, 0.6) is 0 Å². The van der Waals surface area contributed by atoms with Crippen LogP contribution >= 0.6 is 0 Å².